The van der Waals surface area contributed by atoms with Gasteiger partial charge in [0, 0.05) is 12.1 Å². The monoisotopic (exact) mass is 261 g/mol. The lowest BCUT2D eigenvalue weighted by molar-refractivity contribution is 0.180. The van der Waals surface area contributed by atoms with Gasteiger partial charge in [0.25, 0.3) is 0 Å². The molecule has 1 aromatic carbocycles. The highest BCUT2D eigenvalue weighted by atomic mass is 16.5. The van der Waals surface area contributed by atoms with E-state index < -0.39 is 0 Å². The molecule has 0 saturated carbocycles. The first-order valence-electron chi connectivity index (χ1n) is 7.06. The Labute approximate surface area is 117 Å². The normalized spacial score (nSPS) is 13.1. The lowest BCUT2D eigenvalue weighted by Crippen LogP contribution is -2.42. The van der Waals surface area contributed by atoms with Crippen LogP contribution >= 0.6 is 0 Å². The quantitative estimate of drug-likeness (QED) is 0.750. The van der Waals surface area contributed by atoms with Crippen LogP contribution in [-0.4, -0.2) is 18.2 Å². The molecule has 1 rings (SSSR count). The molecule has 19 heavy (non-hydrogen) atoms. The molecule has 0 saturated heterocycles. The molecule has 1 N–H and O–H groups in total. The Kier molecular flexibility index (Phi) is 6.10. The number of nitrogens with one attached hydrogen (secondary N) is 1. The minimum atomic E-state index is 0.122. The van der Waals surface area contributed by atoms with Crippen LogP contribution in [0.15, 0.2) is 36.9 Å². The van der Waals surface area contributed by atoms with Crippen molar-refractivity contribution in [1.82, 2.24) is 5.32 Å². The highest BCUT2D eigenvalue weighted by molar-refractivity contribution is 5.34. The number of para-hydroxylation sites is 1. The average Bonchev–Trinajstić information content (AvgIpc) is 2.35. The second kappa shape index (κ2) is 7.34. The van der Waals surface area contributed by atoms with Crippen LogP contribution in [0.5, 0.6) is 5.75 Å². The van der Waals surface area contributed by atoms with Gasteiger partial charge in [0.15, 0.2) is 0 Å². The van der Waals surface area contributed by atoms with Gasteiger partial charge in [0.2, 0.25) is 0 Å². The molecule has 0 aromatic heterocycles. The Morgan fingerprint density at radius 2 is 2.00 bits per heavy atom. The molecule has 1 atom stereocenters. The van der Waals surface area contributed by atoms with E-state index in [-0.39, 0.29) is 11.6 Å². The van der Waals surface area contributed by atoms with Crippen molar-refractivity contribution < 1.29 is 4.74 Å². The van der Waals surface area contributed by atoms with E-state index in [9.17, 15) is 0 Å². The predicted octanol–water partition coefficient (Wildman–Crippen LogP) is 3.96. The minimum absolute atomic E-state index is 0.122. The highest BCUT2D eigenvalue weighted by Gasteiger charge is 2.15. The zero-order valence-electron chi connectivity index (χ0n) is 12.7. The van der Waals surface area contributed by atoms with Crippen LogP contribution in [-0.2, 0) is 6.42 Å². The summed E-state index contributed by atoms with van der Waals surface area (Å²) in [6, 6.07) is 8.20. The van der Waals surface area contributed by atoms with Crippen LogP contribution in [0.1, 0.15) is 39.7 Å². The van der Waals surface area contributed by atoms with Crippen LogP contribution in [0, 0.1) is 0 Å². The summed E-state index contributed by atoms with van der Waals surface area (Å²) < 4.78 is 6.13. The number of rotatable bonds is 7. The first kappa shape index (κ1) is 15.8. The Hall–Kier alpha value is -1.28. The van der Waals surface area contributed by atoms with E-state index in [2.05, 4.69) is 45.7 Å². The fourth-order valence-electron chi connectivity index (χ4n) is 1.81. The Morgan fingerprint density at radius 3 is 2.58 bits per heavy atom. The van der Waals surface area contributed by atoms with Crippen LogP contribution in [0.25, 0.3) is 0 Å². The summed E-state index contributed by atoms with van der Waals surface area (Å²) >= 11 is 0. The Balaban J connectivity index is 2.67. The largest absolute Gasteiger partial charge is 0.489 e. The summed E-state index contributed by atoms with van der Waals surface area (Å²) in [5.74, 6) is 0.977. The summed E-state index contributed by atoms with van der Waals surface area (Å²) in [5, 5.41) is 3.50. The number of ether oxygens (including phenoxy) is 1. The maximum atomic E-state index is 6.13. The summed E-state index contributed by atoms with van der Waals surface area (Å²) in [5.41, 5.74) is 1.32. The maximum Gasteiger partial charge on any atom is 0.123 e. The molecule has 0 fully saturated rings. The number of allylic oxidation sites excluding steroid dienone is 1. The lowest BCUT2D eigenvalue weighted by atomic mass is 10.1. The molecular weight excluding hydrogens is 234 g/mol. The third kappa shape index (κ3) is 5.93. The zero-order valence-corrected chi connectivity index (χ0v) is 12.7. The Morgan fingerprint density at radius 1 is 1.32 bits per heavy atom. The van der Waals surface area contributed by atoms with Crippen molar-refractivity contribution >= 4 is 0 Å². The fraction of sp³-hybridized carbons (Fsp3) is 0.529. The van der Waals surface area contributed by atoms with Crippen LogP contribution < -0.4 is 10.1 Å². The first-order valence-corrected chi connectivity index (χ1v) is 7.06. The van der Waals surface area contributed by atoms with Gasteiger partial charge in [0.05, 0.1) is 0 Å². The highest BCUT2D eigenvalue weighted by Crippen LogP contribution is 2.21. The van der Waals surface area contributed by atoms with Crippen molar-refractivity contribution in [2.45, 2.75) is 52.2 Å². The molecular formula is C17H27NO. The summed E-state index contributed by atoms with van der Waals surface area (Å²) in [4.78, 5) is 0. The topological polar surface area (TPSA) is 21.3 Å². The van der Waals surface area contributed by atoms with E-state index in [1.54, 1.807) is 0 Å². The Bertz CT molecular complexity index is 392. The number of hydrogen-bond acceptors (Lipinski definition) is 2. The first-order chi connectivity index (χ1) is 8.96. The van der Waals surface area contributed by atoms with Crippen molar-refractivity contribution in [3.8, 4) is 5.75 Å². The number of hydrogen-bond donors (Lipinski definition) is 1. The van der Waals surface area contributed by atoms with Gasteiger partial charge in [0.1, 0.15) is 11.9 Å². The van der Waals surface area contributed by atoms with E-state index in [1.807, 2.05) is 24.3 Å². The van der Waals surface area contributed by atoms with E-state index in [0.29, 0.717) is 0 Å². The minimum Gasteiger partial charge on any atom is -0.489 e. The SMILES string of the molecule is C=CCc1ccccc1OC(CC)CNC(C)(C)C. The van der Waals surface area contributed by atoms with E-state index in [0.717, 1.165) is 25.1 Å². The van der Waals surface area contributed by atoms with Crippen molar-refractivity contribution in [3.63, 3.8) is 0 Å². The molecule has 1 unspecified atom stereocenters. The molecule has 0 amide bonds. The van der Waals surface area contributed by atoms with E-state index in [1.165, 1.54) is 5.56 Å². The molecule has 0 aliphatic rings. The van der Waals surface area contributed by atoms with Gasteiger partial charge in [-0.1, -0.05) is 31.2 Å². The molecule has 0 radical (unpaired) electrons. The van der Waals surface area contributed by atoms with Gasteiger partial charge >= 0.3 is 0 Å². The molecule has 106 valence electrons. The van der Waals surface area contributed by atoms with Crippen LogP contribution in [0.3, 0.4) is 0 Å². The molecule has 0 aliphatic heterocycles. The van der Waals surface area contributed by atoms with E-state index in [4.69, 9.17) is 4.74 Å². The molecule has 0 spiro atoms. The van der Waals surface area contributed by atoms with Gasteiger partial charge in [-0.2, -0.15) is 0 Å². The van der Waals surface area contributed by atoms with Crippen molar-refractivity contribution in [2.24, 2.45) is 0 Å². The summed E-state index contributed by atoms with van der Waals surface area (Å²) in [7, 11) is 0. The van der Waals surface area contributed by atoms with Gasteiger partial charge in [-0.25, -0.2) is 0 Å². The second-order valence-electron chi connectivity index (χ2n) is 5.88. The molecule has 0 bridgehead atoms. The average molecular weight is 261 g/mol. The van der Waals surface area contributed by atoms with Crippen LogP contribution in [0.4, 0.5) is 0 Å². The fourth-order valence-corrected chi connectivity index (χ4v) is 1.81. The molecule has 0 heterocycles. The zero-order chi connectivity index (χ0) is 14.3. The summed E-state index contributed by atoms with van der Waals surface area (Å²) in [6.45, 7) is 13.3. The van der Waals surface area contributed by atoms with Gasteiger partial charge in [-0.05, 0) is 45.2 Å². The standard InChI is InChI=1S/C17H27NO/c1-6-10-14-11-8-9-12-16(14)19-15(7-2)13-18-17(3,4)5/h6,8-9,11-12,15,18H,1,7,10,13H2,2-5H3. The van der Waals surface area contributed by atoms with Crippen LogP contribution in [0.2, 0.25) is 0 Å². The smallest absolute Gasteiger partial charge is 0.123 e. The van der Waals surface area contributed by atoms with Crippen molar-refractivity contribution in [1.29, 1.82) is 0 Å². The summed E-state index contributed by atoms with van der Waals surface area (Å²) in [6.07, 6.45) is 3.95. The predicted molar refractivity (Wildman–Crippen MR) is 82.8 cm³/mol. The second-order valence-corrected chi connectivity index (χ2v) is 5.88. The van der Waals surface area contributed by atoms with Crippen molar-refractivity contribution in [3.05, 3.63) is 42.5 Å². The van der Waals surface area contributed by atoms with Gasteiger partial charge in [-0.3, -0.25) is 0 Å². The number of benzene rings is 1. The van der Waals surface area contributed by atoms with Gasteiger partial charge < -0.3 is 10.1 Å². The third-order valence-corrected chi connectivity index (χ3v) is 2.95. The molecule has 1 aromatic rings. The van der Waals surface area contributed by atoms with Crippen molar-refractivity contribution in [2.75, 3.05) is 6.54 Å². The molecule has 2 heteroatoms. The third-order valence-electron chi connectivity index (χ3n) is 2.95. The molecule has 0 aliphatic carbocycles. The van der Waals surface area contributed by atoms with E-state index >= 15 is 0 Å². The lowest BCUT2D eigenvalue weighted by Gasteiger charge is -2.26. The molecule has 2 nitrogen and oxygen atoms in total. The van der Waals surface area contributed by atoms with Gasteiger partial charge in [-0.15, -0.1) is 6.58 Å². The maximum absolute atomic E-state index is 6.13.